The molecule has 0 radical (unpaired) electrons. The molecule has 166 valence electrons. The maximum atomic E-state index is 13.8. The Labute approximate surface area is 187 Å². The van der Waals surface area contributed by atoms with Gasteiger partial charge in [-0.3, -0.25) is 14.9 Å². The van der Waals surface area contributed by atoms with Gasteiger partial charge in [-0.05, 0) is 25.5 Å². The molecule has 0 bridgehead atoms. The number of rotatable bonds is 8. The highest BCUT2D eigenvalue weighted by Gasteiger charge is 2.28. The Hall–Kier alpha value is -2.50. The van der Waals surface area contributed by atoms with Crippen molar-refractivity contribution >= 4 is 46.0 Å². The van der Waals surface area contributed by atoms with Gasteiger partial charge in [-0.2, -0.15) is 0 Å². The third-order valence-corrected chi connectivity index (χ3v) is 6.53. The van der Waals surface area contributed by atoms with Crippen LogP contribution in [-0.2, 0) is 20.1 Å². The summed E-state index contributed by atoms with van der Waals surface area (Å²) in [6.07, 6.45) is 0.201. The minimum atomic E-state index is -0.474. The number of ether oxygens (including phenoxy) is 1. The van der Waals surface area contributed by atoms with Gasteiger partial charge >= 0.3 is 5.97 Å². The number of amides is 2. The number of nitrogens with zero attached hydrogens (tertiary/aromatic N) is 1. The smallest absolute Gasteiger partial charge is 0.350 e. The van der Waals surface area contributed by atoms with E-state index in [9.17, 15) is 18.8 Å². The third kappa shape index (κ3) is 6.49. The van der Waals surface area contributed by atoms with E-state index in [-0.39, 0.29) is 43.1 Å². The largest absolute Gasteiger partial charge is 0.462 e. The van der Waals surface area contributed by atoms with E-state index in [0.717, 1.165) is 11.3 Å². The summed E-state index contributed by atoms with van der Waals surface area (Å²) in [5.41, 5.74) is 0.592. The van der Waals surface area contributed by atoms with Gasteiger partial charge in [0.15, 0.2) is 5.13 Å². The molecule has 1 saturated heterocycles. The number of aryl methyl sites for hydroxylation is 1. The molecule has 2 heterocycles. The van der Waals surface area contributed by atoms with Crippen molar-refractivity contribution in [2.75, 3.05) is 11.9 Å². The molecule has 1 aliphatic rings. The zero-order valence-electron chi connectivity index (χ0n) is 17.1. The van der Waals surface area contributed by atoms with Gasteiger partial charge in [0.1, 0.15) is 16.2 Å². The number of aromatic nitrogens is 1. The van der Waals surface area contributed by atoms with Crippen molar-refractivity contribution in [2.45, 2.75) is 44.0 Å². The number of hydrogen-bond acceptors (Lipinski definition) is 8. The summed E-state index contributed by atoms with van der Waals surface area (Å²) >= 11 is 2.39. The quantitative estimate of drug-likeness (QED) is 0.513. The molecule has 0 saturated carbocycles. The van der Waals surface area contributed by atoms with Gasteiger partial charge in [-0.15, -0.1) is 11.8 Å². The highest BCUT2D eigenvalue weighted by molar-refractivity contribution is 7.99. The average Bonchev–Trinajstić information content (AvgIpc) is 3.07. The summed E-state index contributed by atoms with van der Waals surface area (Å²) in [6.45, 7) is 3.64. The van der Waals surface area contributed by atoms with Crippen LogP contribution < -0.4 is 16.0 Å². The SMILES string of the molecule is CCOC(=O)c1sc(NC(=O)CC2CC(=O)NC(SCc3ccccc3F)N2)nc1C. The predicted molar refractivity (Wildman–Crippen MR) is 117 cm³/mol. The molecule has 2 aromatic rings. The number of carbonyl (C=O) groups is 3. The molecular weight excluding hydrogens is 443 g/mol. The van der Waals surface area contributed by atoms with Crippen LogP contribution in [0.3, 0.4) is 0 Å². The van der Waals surface area contributed by atoms with Crippen LogP contribution in [0.1, 0.15) is 40.7 Å². The number of thiazole rings is 1. The Bertz CT molecular complexity index is 968. The molecule has 1 aromatic heterocycles. The highest BCUT2D eigenvalue weighted by atomic mass is 32.2. The zero-order valence-corrected chi connectivity index (χ0v) is 18.7. The van der Waals surface area contributed by atoms with Crippen molar-refractivity contribution in [1.29, 1.82) is 0 Å². The van der Waals surface area contributed by atoms with Crippen LogP contribution in [0.4, 0.5) is 9.52 Å². The normalized spacial score (nSPS) is 18.4. The molecule has 31 heavy (non-hydrogen) atoms. The summed E-state index contributed by atoms with van der Waals surface area (Å²) in [6, 6.07) is 6.09. The monoisotopic (exact) mass is 466 g/mol. The molecule has 8 nitrogen and oxygen atoms in total. The van der Waals surface area contributed by atoms with Crippen molar-refractivity contribution in [2.24, 2.45) is 0 Å². The number of halogens is 1. The fourth-order valence-electron chi connectivity index (χ4n) is 2.98. The van der Waals surface area contributed by atoms with Crippen LogP contribution in [0, 0.1) is 12.7 Å². The highest BCUT2D eigenvalue weighted by Crippen LogP contribution is 2.24. The summed E-state index contributed by atoms with van der Waals surface area (Å²) < 4.78 is 18.8. The fourth-order valence-corrected chi connectivity index (χ4v) is 4.94. The lowest BCUT2D eigenvalue weighted by Gasteiger charge is -2.30. The van der Waals surface area contributed by atoms with Crippen molar-refractivity contribution in [3.05, 3.63) is 46.2 Å². The van der Waals surface area contributed by atoms with Gasteiger partial charge in [0.25, 0.3) is 0 Å². The summed E-state index contributed by atoms with van der Waals surface area (Å²) in [7, 11) is 0. The molecule has 2 amide bonds. The fraction of sp³-hybridized carbons (Fsp3) is 0.400. The van der Waals surface area contributed by atoms with Gasteiger partial charge in [0.05, 0.1) is 12.3 Å². The lowest BCUT2D eigenvalue weighted by atomic mass is 10.1. The molecular formula is C20H23FN4O4S2. The summed E-state index contributed by atoms with van der Waals surface area (Å²) in [5, 5.41) is 8.97. The second kappa shape index (κ2) is 10.7. The van der Waals surface area contributed by atoms with E-state index in [1.165, 1.54) is 17.8 Å². The van der Waals surface area contributed by atoms with E-state index in [2.05, 4.69) is 20.9 Å². The van der Waals surface area contributed by atoms with E-state index in [1.807, 2.05) is 0 Å². The molecule has 3 rings (SSSR count). The van der Waals surface area contributed by atoms with Crippen LogP contribution in [-0.4, -0.2) is 40.9 Å². The molecule has 1 aromatic carbocycles. The van der Waals surface area contributed by atoms with E-state index in [0.29, 0.717) is 27.0 Å². The van der Waals surface area contributed by atoms with Gasteiger partial charge in [-0.1, -0.05) is 29.5 Å². The Morgan fingerprint density at radius 3 is 2.90 bits per heavy atom. The van der Waals surface area contributed by atoms with E-state index < -0.39 is 11.5 Å². The van der Waals surface area contributed by atoms with Gasteiger partial charge in [0.2, 0.25) is 11.8 Å². The van der Waals surface area contributed by atoms with Gasteiger partial charge in [0, 0.05) is 24.6 Å². The third-order valence-electron chi connectivity index (χ3n) is 4.41. The van der Waals surface area contributed by atoms with Gasteiger partial charge in [-0.25, -0.2) is 14.2 Å². The van der Waals surface area contributed by atoms with Crippen LogP contribution in [0.5, 0.6) is 0 Å². The number of nitrogens with one attached hydrogen (secondary N) is 3. The molecule has 11 heteroatoms. The first-order chi connectivity index (χ1) is 14.9. The van der Waals surface area contributed by atoms with Crippen molar-refractivity contribution < 1.29 is 23.5 Å². The zero-order chi connectivity index (χ0) is 22.4. The number of benzene rings is 1. The molecule has 2 atom stereocenters. The first kappa shape index (κ1) is 23.2. The maximum Gasteiger partial charge on any atom is 0.350 e. The standard InChI is InChI=1S/C20H23FN4O4S2/c1-3-29-18(28)17-11(2)22-20(31-17)25-16(27)9-13-8-15(26)24-19(23-13)30-10-12-6-4-5-7-14(12)21/h4-7,13,19,23H,3,8-10H2,1-2H3,(H,24,26)(H,22,25,27). The Morgan fingerprint density at radius 1 is 1.39 bits per heavy atom. The lowest BCUT2D eigenvalue weighted by Crippen LogP contribution is -2.55. The molecule has 0 spiro atoms. The number of esters is 1. The van der Waals surface area contributed by atoms with Crippen LogP contribution >= 0.6 is 23.1 Å². The molecule has 2 unspecified atom stereocenters. The number of anilines is 1. The van der Waals surface area contributed by atoms with Gasteiger partial charge < -0.3 is 15.4 Å². The lowest BCUT2D eigenvalue weighted by molar-refractivity contribution is -0.124. The average molecular weight is 467 g/mol. The second-order valence-electron chi connectivity index (χ2n) is 6.82. The first-order valence-corrected chi connectivity index (χ1v) is 11.6. The van der Waals surface area contributed by atoms with E-state index in [1.54, 1.807) is 32.0 Å². The van der Waals surface area contributed by atoms with Crippen molar-refractivity contribution in [1.82, 2.24) is 15.6 Å². The number of thioether (sulfide) groups is 1. The molecule has 0 aliphatic carbocycles. The maximum absolute atomic E-state index is 13.8. The Kier molecular flexibility index (Phi) is 7.99. The molecule has 3 N–H and O–H groups in total. The molecule has 1 fully saturated rings. The Balaban J connectivity index is 1.53. The summed E-state index contributed by atoms with van der Waals surface area (Å²) in [5.74, 6) is -0.905. The van der Waals surface area contributed by atoms with Crippen LogP contribution in [0.25, 0.3) is 0 Å². The molecule has 1 aliphatic heterocycles. The van der Waals surface area contributed by atoms with Crippen molar-refractivity contribution in [3.8, 4) is 0 Å². The second-order valence-corrected chi connectivity index (χ2v) is 8.92. The van der Waals surface area contributed by atoms with Crippen LogP contribution in [0.2, 0.25) is 0 Å². The Morgan fingerprint density at radius 2 is 2.16 bits per heavy atom. The topological polar surface area (TPSA) is 109 Å². The minimum absolute atomic E-state index is 0.0531. The van der Waals surface area contributed by atoms with Crippen molar-refractivity contribution in [3.63, 3.8) is 0 Å². The minimum Gasteiger partial charge on any atom is -0.462 e. The summed E-state index contributed by atoms with van der Waals surface area (Å²) in [4.78, 5) is 40.9. The first-order valence-electron chi connectivity index (χ1n) is 9.70. The predicted octanol–water partition coefficient (Wildman–Crippen LogP) is 2.79. The van der Waals surface area contributed by atoms with E-state index >= 15 is 0 Å². The van der Waals surface area contributed by atoms with E-state index in [4.69, 9.17) is 4.74 Å². The number of hydrogen-bond donors (Lipinski definition) is 3. The number of carbonyl (C=O) groups excluding carboxylic acids is 3. The van der Waals surface area contributed by atoms with Crippen LogP contribution in [0.15, 0.2) is 24.3 Å².